The van der Waals surface area contributed by atoms with Crippen molar-refractivity contribution < 1.29 is 14.3 Å². The number of ketones is 1. The Morgan fingerprint density at radius 3 is 3.11 bits per heavy atom. The second kappa shape index (κ2) is 4.05. The van der Waals surface area contributed by atoms with Crippen LogP contribution in [0.2, 0.25) is 0 Å². The zero-order valence-corrected chi connectivity index (χ0v) is 11.0. The second-order valence-electron chi connectivity index (χ2n) is 5.31. The van der Waals surface area contributed by atoms with Crippen LogP contribution in [0.4, 0.5) is 5.69 Å². The van der Waals surface area contributed by atoms with Crippen LogP contribution in [0.1, 0.15) is 30.5 Å². The minimum absolute atomic E-state index is 0.182. The Kier molecular flexibility index (Phi) is 2.59. The average molecular weight is 260 g/mol. The van der Waals surface area contributed by atoms with E-state index in [1.807, 2.05) is 13.0 Å². The average Bonchev–Trinajstić information content (AvgIpc) is 2.70. The third-order valence-electron chi connectivity index (χ3n) is 4.15. The van der Waals surface area contributed by atoms with Crippen molar-refractivity contribution in [3.63, 3.8) is 0 Å². The molecular weight excluding hydrogens is 244 g/mol. The minimum Gasteiger partial charge on any atom is -0.468 e. The lowest BCUT2D eigenvalue weighted by Gasteiger charge is -2.35. The Morgan fingerprint density at radius 2 is 2.37 bits per heavy atom. The number of aryl methyl sites for hydroxylation is 1. The lowest BCUT2D eigenvalue weighted by Crippen LogP contribution is -2.51. The molecule has 0 aromatic carbocycles. The third-order valence-corrected chi connectivity index (χ3v) is 4.15. The van der Waals surface area contributed by atoms with Gasteiger partial charge in [0, 0.05) is 19.0 Å². The molecule has 100 valence electrons. The van der Waals surface area contributed by atoms with Crippen LogP contribution < -0.4 is 5.32 Å². The molecule has 2 atom stereocenters. The lowest BCUT2D eigenvalue weighted by molar-refractivity contribution is -0.150. The van der Waals surface area contributed by atoms with Gasteiger partial charge in [-0.15, -0.1) is 0 Å². The fraction of sp³-hybridized carbons (Fsp3) is 0.500. The van der Waals surface area contributed by atoms with Gasteiger partial charge in [0.05, 0.1) is 24.5 Å². The summed E-state index contributed by atoms with van der Waals surface area (Å²) in [5.74, 6) is -0.117. The molecule has 0 bridgehead atoms. The number of carbonyl (C=O) groups is 2. The van der Waals surface area contributed by atoms with Gasteiger partial charge in [0.15, 0.2) is 0 Å². The number of hydrogen-bond donors (Lipinski definition) is 1. The van der Waals surface area contributed by atoms with Crippen molar-refractivity contribution in [2.24, 2.45) is 0 Å². The van der Waals surface area contributed by atoms with Crippen LogP contribution in [0, 0.1) is 6.92 Å². The van der Waals surface area contributed by atoms with E-state index in [1.165, 1.54) is 7.11 Å². The Morgan fingerprint density at radius 1 is 1.58 bits per heavy atom. The first-order valence-corrected chi connectivity index (χ1v) is 6.41. The van der Waals surface area contributed by atoms with Crippen molar-refractivity contribution >= 4 is 17.4 Å². The summed E-state index contributed by atoms with van der Waals surface area (Å²) in [6.07, 6.45) is 2.98. The van der Waals surface area contributed by atoms with Gasteiger partial charge >= 0.3 is 5.97 Å². The Labute approximate surface area is 111 Å². The van der Waals surface area contributed by atoms with Gasteiger partial charge in [-0.3, -0.25) is 14.6 Å². The van der Waals surface area contributed by atoms with Crippen molar-refractivity contribution in [2.75, 3.05) is 12.4 Å². The summed E-state index contributed by atoms with van der Waals surface area (Å²) in [5, 5.41) is 3.28. The maximum atomic E-state index is 12.3. The molecule has 1 aliphatic carbocycles. The summed E-state index contributed by atoms with van der Waals surface area (Å²) in [4.78, 5) is 28.4. The maximum absolute atomic E-state index is 12.3. The topological polar surface area (TPSA) is 68.3 Å². The molecule has 1 aromatic rings. The summed E-state index contributed by atoms with van der Waals surface area (Å²) in [6, 6.07) is 1.74. The van der Waals surface area contributed by atoms with E-state index in [9.17, 15) is 9.59 Å². The predicted octanol–water partition coefficient (Wildman–Crippen LogP) is 1.35. The van der Waals surface area contributed by atoms with Gasteiger partial charge in [-0.05, 0) is 25.0 Å². The van der Waals surface area contributed by atoms with E-state index >= 15 is 0 Å². The van der Waals surface area contributed by atoms with Crippen LogP contribution in [-0.4, -0.2) is 29.9 Å². The molecule has 19 heavy (non-hydrogen) atoms. The number of pyridine rings is 1. The van der Waals surface area contributed by atoms with Crippen LogP contribution in [-0.2, 0) is 19.7 Å². The number of rotatable bonds is 1. The van der Waals surface area contributed by atoms with Gasteiger partial charge in [-0.2, -0.15) is 0 Å². The first kappa shape index (κ1) is 12.1. The van der Waals surface area contributed by atoms with Gasteiger partial charge in [-0.25, -0.2) is 0 Å². The summed E-state index contributed by atoms with van der Waals surface area (Å²) < 4.78 is 4.99. The van der Waals surface area contributed by atoms with Crippen LogP contribution in [0.15, 0.2) is 12.3 Å². The van der Waals surface area contributed by atoms with Crippen LogP contribution >= 0.6 is 0 Å². The van der Waals surface area contributed by atoms with Crippen LogP contribution in [0.5, 0.6) is 0 Å². The number of nitrogens with one attached hydrogen (secondary N) is 1. The Hall–Kier alpha value is -1.91. The molecule has 1 N–H and O–H groups in total. The largest absolute Gasteiger partial charge is 0.468 e. The predicted molar refractivity (Wildman–Crippen MR) is 68.9 cm³/mol. The number of Topliss-reactive ketones (excluding diaryl/α,β-unsaturated/α-hetero) is 1. The number of methoxy groups -OCH3 is 1. The van der Waals surface area contributed by atoms with E-state index in [1.54, 1.807) is 6.20 Å². The molecule has 3 rings (SSSR count). The van der Waals surface area contributed by atoms with Gasteiger partial charge in [0.1, 0.15) is 11.2 Å². The highest BCUT2D eigenvalue weighted by Crippen LogP contribution is 2.47. The van der Waals surface area contributed by atoms with Crippen molar-refractivity contribution in [3.8, 4) is 0 Å². The standard InChI is InChI=1S/C14H16N2O3/c1-8-5-10-12(15-7-8)14(13(18)19-2)4-3-9(17)6-11(14)16-10/h5,7,11,16H,3-4,6H2,1-2H3/t11-,14-/m0/s1. The molecule has 1 aliphatic heterocycles. The van der Waals surface area contributed by atoms with E-state index in [4.69, 9.17) is 4.74 Å². The fourth-order valence-electron chi connectivity index (χ4n) is 3.22. The normalized spacial score (nSPS) is 28.3. The molecule has 2 aliphatic rings. The Bertz CT molecular complexity index is 570. The van der Waals surface area contributed by atoms with Crippen LogP contribution in [0.25, 0.3) is 0 Å². The number of fused-ring (bicyclic) bond motifs is 3. The second-order valence-corrected chi connectivity index (χ2v) is 5.31. The SMILES string of the molecule is COC(=O)[C@@]12CCC(=O)C[C@@H]1Nc1cc(C)cnc12. The summed E-state index contributed by atoms with van der Waals surface area (Å²) >= 11 is 0. The van der Waals surface area contributed by atoms with Gasteiger partial charge < -0.3 is 10.1 Å². The molecule has 2 heterocycles. The van der Waals surface area contributed by atoms with Gasteiger partial charge in [0.2, 0.25) is 0 Å². The Balaban J connectivity index is 2.15. The molecule has 1 aromatic heterocycles. The van der Waals surface area contributed by atoms with Gasteiger partial charge in [-0.1, -0.05) is 0 Å². The smallest absolute Gasteiger partial charge is 0.320 e. The number of nitrogens with zero attached hydrogens (tertiary/aromatic N) is 1. The third kappa shape index (κ3) is 1.57. The number of aromatic nitrogens is 1. The van der Waals surface area contributed by atoms with E-state index < -0.39 is 5.41 Å². The lowest BCUT2D eigenvalue weighted by atomic mass is 9.69. The highest BCUT2D eigenvalue weighted by molar-refractivity contribution is 5.94. The van der Waals surface area contributed by atoms with E-state index in [0.29, 0.717) is 19.3 Å². The summed E-state index contributed by atoms with van der Waals surface area (Å²) in [5.41, 5.74) is 1.80. The molecule has 0 spiro atoms. The fourth-order valence-corrected chi connectivity index (χ4v) is 3.22. The molecular formula is C14H16N2O3. The minimum atomic E-state index is -0.800. The number of hydrogen-bond acceptors (Lipinski definition) is 5. The molecule has 0 radical (unpaired) electrons. The van der Waals surface area contributed by atoms with Crippen molar-refractivity contribution in [2.45, 2.75) is 37.6 Å². The van der Waals surface area contributed by atoms with E-state index in [2.05, 4.69) is 10.3 Å². The van der Waals surface area contributed by atoms with Crippen molar-refractivity contribution in [1.82, 2.24) is 4.98 Å². The highest BCUT2D eigenvalue weighted by Gasteiger charge is 2.57. The molecule has 0 unspecified atom stereocenters. The van der Waals surface area contributed by atoms with Crippen LogP contribution in [0.3, 0.4) is 0 Å². The molecule has 5 heteroatoms. The van der Waals surface area contributed by atoms with Gasteiger partial charge in [0.25, 0.3) is 0 Å². The molecule has 0 amide bonds. The first-order valence-electron chi connectivity index (χ1n) is 6.41. The number of esters is 1. The van der Waals surface area contributed by atoms with E-state index in [-0.39, 0.29) is 17.8 Å². The van der Waals surface area contributed by atoms with E-state index in [0.717, 1.165) is 16.9 Å². The summed E-state index contributed by atoms with van der Waals surface area (Å²) in [6.45, 7) is 1.95. The molecule has 1 saturated carbocycles. The zero-order chi connectivity index (χ0) is 13.6. The summed E-state index contributed by atoms with van der Waals surface area (Å²) in [7, 11) is 1.39. The quantitative estimate of drug-likeness (QED) is 0.772. The first-order chi connectivity index (χ1) is 9.07. The number of ether oxygens (including phenoxy) is 1. The number of carbonyl (C=O) groups excluding carboxylic acids is 2. The molecule has 0 saturated heterocycles. The van der Waals surface area contributed by atoms with Crippen molar-refractivity contribution in [3.05, 3.63) is 23.5 Å². The monoisotopic (exact) mass is 260 g/mol. The molecule has 1 fully saturated rings. The zero-order valence-electron chi connectivity index (χ0n) is 11.0. The highest BCUT2D eigenvalue weighted by atomic mass is 16.5. The number of anilines is 1. The van der Waals surface area contributed by atoms with Crippen molar-refractivity contribution in [1.29, 1.82) is 0 Å². The maximum Gasteiger partial charge on any atom is 0.320 e. The molecule has 5 nitrogen and oxygen atoms in total.